The summed E-state index contributed by atoms with van der Waals surface area (Å²) >= 11 is 0. The molecule has 1 amide bonds. The lowest BCUT2D eigenvalue weighted by molar-refractivity contribution is 0.0740. The van der Waals surface area contributed by atoms with Crippen molar-refractivity contribution in [2.45, 2.75) is 24.8 Å². The number of benzene rings is 2. The first-order valence-corrected chi connectivity index (χ1v) is 11.8. The van der Waals surface area contributed by atoms with Crippen molar-refractivity contribution in [3.05, 3.63) is 53.1 Å². The van der Waals surface area contributed by atoms with Gasteiger partial charge in [0.05, 0.1) is 27.8 Å². The van der Waals surface area contributed by atoms with Crippen LogP contribution in [0.25, 0.3) is 0 Å². The smallest absolute Gasteiger partial charge is 0.257 e. The molecule has 170 valence electrons. The van der Waals surface area contributed by atoms with Gasteiger partial charge >= 0.3 is 0 Å². The number of amides is 1. The molecule has 0 radical (unpaired) electrons. The molecule has 1 fully saturated rings. The summed E-state index contributed by atoms with van der Waals surface area (Å²) in [5, 5.41) is 8.83. The molecular formula is C22H23F2N3O4S. The fourth-order valence-corrected chi connectivity index (χ4v) is 4.10. The second-order valence-electron chi connectivity index (χ2n) is 7.75. The van der Waals surface area contributed by atoms with Crippen LogP contribution in [0.1, 0.15) is 29.8 Å². The first kappa shape index (κ1) is 23.5. The first-order chi connectivity index (χ1) is 15.0. The minimum atomic E-state index is -3.53. The molecule has 7 nitrogen and oxygen atoms in total. The molecule has 1 aliphatic heterocycles. The Labute approximate surface area is 185 Å². The highest BCUT2D eigenvalue weighted by Crippen LogP contribution is 2.28. The lowest BCUT2D eigenvalue weighted by Crippen LogP contribution is -2.49. The van der Waals surface area contributed by atoms with Gasteiger partial charge in [-0.3, -0.25) is 4.79 Å². The molecule has 0 saturated carbocycles. The van der Waals surface area contributed by atoms with Crippen molar-refractivity contribution in [2.75, 3.05) is 37.3 Å². The minimum Gasteiger partial charge on any atom is -0.490 e. The van der Waals surface area contributed by atoms with E-state index in [9.17, 15) is 22.0 Å². The van der Waals surface area contributed by atoms with Crippen LogP contribution < -0.4 is 9.64 Å². The molecule has 1 aliphatic rings. The number of nitrogens with zero attached hydrogens (tertiary/aromatic N) is 3. The van der Waals surface area contributed by atoms with Crippen LogP contribution in [0.5, 0.6) is 5.75 Å². The van der Waals surface area contributed by atoms with Crippen LogP contribution in [0.15, 0.2) is 35.2 Å². The summed E-state index contributed by atoms with van der Waals surface area (Å²) in [5.41, 5.74) is -0.217. The highest BCUT2D eigenvalue weighted by Gasteiger charge is 2.28. The summed E-state index contributed by atoms with van der Waals surface area (Å²) in [6, 6.07) is 8.33. The van der Waals surface area contributed by atoms with Gasteiger partial charge in [0.25, 0.3) is 5.91 Å². The maximum absolute atomic E-state index is 14.4. The molecule has 0 atom stereocenters. The third-order valence-electron chi connectivity index (χ3n) is 5.06. The van der Waals surface area contributed by atoms with Crippen LogP contribution in [0, 0.1) is 23.0 Å². The van der Waals surface area contributed by atoms with E-state index < -0.39 is 27.4 Å². The second-order valence-corrected chi connectivity index (χ2v) is 9.76. The summed E-state index contributed by atoms with van der Waals surface area (Å²) in [7, 11) is -3.53. The van der Waals surface area contributed by atoms with Crippen molar-refractivity contribution in [2.24, 2.45) is 0 Å². The van der Waals surface area contributed by atoms with Crippen molar-refractivity contribution in [1.82, 2.24) is 4.90 Å². The van der Waals surface area contributed by atoms with E-state index in [0.29, 0.717) is 0 Å². The minimum absolute atomic E-state index is 0.00530. The Hall–Kier alpha value is -3.19. The van der Waals surface area contributed by atoms with E-state index in [1.165, 1.54) is 35.2 Å². The molecule has 0 spiro atoms. The van der Waals surface area contributed by atoms with E-state index >= 15 is 0 Å². The number of carbonyl (C=O) groups is 1. The molecule has 3 rings (SSSR count). The molecule has 32 heavy (non-hydrogen) atoms. The maximum atomic E-state index is 14.4. The predicted octanol–water partition coefficient (Wildman–Crippen LogP) is 2.99. The van der Waals surface area contributed by atoms with Crippen molar-refractivity contribution >= 4 is 21.4 Å². The topological polar surface area (TPSA) is 90.7 Å². The maximum Gasteiger partial charge on any atom is 0.257 e. The fraction of sp³-hybridized carbons (Fsp3) is 0.364. The van der Waals surface area contributed by atoms with Crippen LogP contribution in [-0.2, 0) is 9.84 Å². The lowest BCUT2D eigenvalue weighted by atomic mass is 10.1. The fourth-order valence-electron chi connectivity index (χ4n) is 3.45. The number of anilines is 1. The van der Waals surface area contributed by atoms with Gasteiger partial charge in [-0.05, 0) is 44.2 Å². The molecule has 0 aromatic heterocycles. The average Bonchev–Trinajstić information content (AvgIpc) is 2.74. The molecule has 0 bridgehead atoms. The Morgan fingerprint density at radius 3 is 2.31 bits per heavy atom. The van der Waals surface area contributed by atoms with Crippen LogP contribution in [0.3, 0.4) is 0 Å². The Balaban J connectivity index is 1.82. The molecule has 2 aromatic carbocycles. The van der Waals surface area contributed by atoms with E-state index in [1.54, 1.807) is 24.8 Å². The Morgan fingerprint density at radius 1 is 1.09 bits per heavy atom. The molecule has 0 aliphatic carbocycles. The highest BCUT2D eigenvalue weighted by atomic mass is 32.2. The third kappa shape index (κ3) is 4.83. The molecule has 10 heteroatoms. The Kier molecular flexibility index (Phi) is 6.69. The zero-order valence-electron chi connectivity index (χ0n) is 17.9. The first-order valence-electron chi connectivity index (χ1n) is 9.96. The number of halogens is 2. The summed E-state index contributed by atoms with van der Waals surface area (Å²) in [4.78, 5) is 16.3. The third-order valence-corrected chi connectivity index (χ3v) is 6.17. The number of nitriles is 1. The number of rotatable bonds is 5. The van der Waals surface area contributed by atoms with Gasteiger partial charge in [-0.2, -0.15) is 5.26 Å². The zero-order chi connectivity index (χ0) is 23.6. The SMILES string of the molecule is CC(C)Oc1ccc(S(C)(=O)=O)cc1C(=O)N1CCN(c2ccc(C#N)c(F)c2F)CC1. The number of hydrogen-bond donors (Lipinski definition) is 0. The monoisotopic (exact) mass is 463 g/mol. The molecule has 1 heterocycles. The number of carbonyl (C=O) groups excluding carboxylic acids is 1. The van der Waals surface area contributed by atoms with Gasteiger partial charge in [-0.25, -0.2) is 17.2 Å². The van der Waals surface area contributed by atoms with Gasteiger partial charge in [-0.1, -0.05) is 0 Å². The molecular weight excluding hydrogens is 440 g/mol. The highest BCUT2D eigenvalue weighted by molar-refractivity contribution is 7.90. The summed E-state index contributed by atoms with van der Waals surface area (Å²) in [5.74, 6) is -2.42. The van der Waals surface area contributed by atoms with Gasteiger partial charge in [0.1, 0.15) is 11.8 Å². The quantitative estimate of drug-likeness (QED) is 0.677. The molecule has 0 unspecified atom stereocenters. The van der Waals surface area contributed by atoms with Crippen molar-refractivity contribution < 1.29 is 26.7 Å². The van der Waals surface area contributed by atoms with Crippen LogP contribution >= 0.6 is 0 Å². The van der Waals surface area contributed by atoms with E-state index in [2.05, 4.69) is 0 Å². The van der Waals surface area contributed by atoms with Crippen molar-refractivity contribution in [3.63, 3.8) is 0 Å². The van der Waals surface area contributed by atoms with Crippen LogP contribution in [-0.4, -0.2) is 57.8 Å². The Bertz CT molecular complexity index is 1180. The van der Waals surface area contributed by atoms with E-state index in [4.69, 9.17) is 10.00 Å². The van der Waals surface area contributed by atoms with Crippen LogP contribution in [0.2, 0.25) is 0 Å². The van der Waals surface area contributed by atoms with Gasteiger partial charge in [0.2, 0.25) is 0 Å². The van der Waals surface area contributed by atoms with Gasteiger partial charge in [0.15, 0.2) is 21.5 Å². The molecule has 2 aromatic rings. The second kappa shape index (κ2) is 9.12. The average molecular weight is 464 g/mol. The summed E-state index contributed by atoms with van der Waals surface area (Å²) < 4.78 is 58.0. The van der Waals surface area contributed by atoms with Crippen molar-refractivity contribution in [1.29, 1.82) is 5.26 Å². The normalized spacial score (nSPS) is 14.4. The van der Waals surface area contributed by atoms with E-state index in [0.717, 1.165) is 6.26 Å². The number of ether oxygens (including phenoxy) is 1. The zero-order valence-corrected chi connectivity index (χ0v) is 18.7. The van der Waals surface area contributed by atoms with Gasteiger partial charge in [-0.15, -0.1) is 0 Å². The Morgan fingerprint density at radius 2 is 1.75 bits per heavy atom. The molecule has 0 N–H and O–H groups in total. The predicted molar refractivity (Wildman–Crippen MR) is 115 cm³/mol. The van der Waals surface area contributed by atoms with Crippen LogP contribution in [0.4, 0.5) is 14.5 Å². The largest absolute Gasteiger partial charge is 0.490 e. The summed E-state index contributed by atoms with van der Waals surface area (Å²) in [6.07, 6.45) is 0.834. The van der Waals surface area contributed by atoms with Crippen molar-refractivity contribution in [3.8, 4) is 11.8 Å². The molecule has 1 saturated heterocycles. The van der Waals surface area contributed by atoms with E-state index in [-0.39, 0.29) is 59.7 Å². The number of piperazine rings is 1. The van der Waals surface area contributed by atoms with E-state index in [1.807, 2.05) is 0 Å². The van der Waals surface area contributed by atoms with Gasteiger partial charge in [0, 0.05) is 32.4 Å². The lowest BCUT2D eigenvalue weighted by Gasteiger charge is -2.36. The summed E-state index contributed by atoms with van der Waals surface area (Å²) in [6.45, 7) is 4.49. The standard InChI is InChI=1S/C22H23F2N3O4S/c1-14(2)31-19-7-5-16(32(3,29)30)12-17(19)22(28)27-10-8-26(9-11-27)18-6-4-15(13-25)20(23)21(18)24/h4-7,12,14H,8-11H2,1-3H3. The van der Waals surface area contributed by atoms with Gasteiger partial charge < -0.3 is 14.5 Å². The number of hydrogen-bond acceptors (Lipinski definition) is 6. The number of sulfone groups is 1.